The van der Waals surface area contributed by atoms with Gasteiger partial charge in [0.25, 0.3) is 0 Å². The Bertz CT molecular complexity index is 741. The summed E-state index contributed by atoms with van der Waals surface area (Å²) in [6.45, 7) is 2.70. The molecular formula is C19H27ClO11. The first kappa shape index (κ1) is 24.4. The van der Waals surface area contributed by atoms with Crippen molar-refractivity contribution in [3.8, 4) is 11.5 Å². The molecule has 31 heavy (non-hydrogen) atoms. The first-order chi connectivity index (χ1) is 14.5. The summed E-state index contributed by atoms with van der Waals surface area (Å²) < 4.78 is 21.8. The van der Waals surface area contributed by atoms with E-state index in [1.54, 1.807) is 6.92 Å². The number of phenols is 1. The third-order valence-corrected chi connectivity index (χ3v) is 5.85. The second-order valence-corrected chi connectivity index (χ2v) is 8.10. The van der Waals surface area contributed by atoms with E-state index < -0.39 is 68.0 Å². The van der Waals surface area contributed by atoms with Crippen molar-refractivity contribution in [3.05, 3.63) is 22.7 Å². The number of benzene rings is 1. The highest BCUT2D eigenvalue weighted by atomic mass is 35.5. The Labute approximate surface area is 182 Å². The molecule has 0 saturated carbocycles. The third-order valence-electron chi connectivity index (χ3n) is 5.36. The van der Waals surface area contributed by atoms with Crippen molar-refractivity contribution in [2.75, 3.05) is 6.61 Å². The number of rotatable bonds is 5. The predicted molar refractivity (Wildman–Crippen MR) is 103 cm³/mol. The summed E-state index contributed by atoms with van der Waals surface area (Å²) in [4.78, 5) is 0. The van der Waals surface area contributed by atoms with Crippen LogP contribution >= 0.6 is 11.6 Å². The third kappa shape index (κ3) is 5.06. The van der Waals surface area contributed by atoms with Crippen LogP contribution in [-0.4, -0.2) is 104 Å². The Morgan fingerprint density at radius 1 is 0.871 bits per heavy atom. The fourth-order valence-corrected chi connectivity index (χ4v) is 3.52. The van der Waals surface area contributed by atoms with E-state index in [-0.39, 0.29) is 16.5 Å². The molecule has 7 N–H and O–H groups in total. The maximum atomic E-state index is 10.2. The lowest BCUT2D eigenvalue weighted by molar-refractivity contribution is -0.318. The normalized spacial score (nSPS) is 41.2. The van der Waals surface area contributed by atoms with E-state index in [1.165, 1.54) is 19.1 Å². The molecule has 0 spiro atoms. The molecule has 1 aromatic rings. The van der Waals surface area contributed by atoms with Gasteiger partial charge in [-0.2, -0.15) is 0 Å². The number of halogens is 1. The molecule has 3 rings (SSSR count). The van der Waals surface area contributed by atoms with Crippen LogP contribution in [0.3, 0.4) is 0 Å². The maximum absolute atomic E-state index is 10.2. The highest BCUT2D eigenvalue weighted by Gasteiger charge is 2.47. The Morgan fingerprint density at radius 2 is 1.48 bits per heavy atom. The van der Waals surface area contributed by atoms with E-state index in [0.717, 1.165) is 0 Å². The van der Waals surface area contributed by atoms with Crippen LogP contribution < -0.4 is 4.74 Å². The van der Waals surface area contributed by atoms with E-state index in [4.69, 9.17) is 30.5 Å². The lowest BCUT2D eigenvalue weighted by Gasteiger charge is -2.42. The zero-order valence-corrected chi connectivity index (χ0v) is 17.5. The summed E-state index contributed by atoms with van der Waals surface area (Å²) in [5.41, 5.74) is 0.501. The minimum Gasteiger partial charge on any atom is -0.506 e. The average molecular weight is 467 g/mol. The molecule has 2 aliphatic rings. The van der Waals surface area contributed by atoms with Crippen molar-refractivity contribution < 1.29 is 54.7 Å². The molecule has 0 aromatic heterocycles. The SMILES string of the molecule is Cc1cc(OC2OC(COC3OC(C)C(O)C(O)C3O)C(O)C(O)C2O)cc(O)c1Cl. The molecule has 0 bridgehead atoms. The zero-order valence-electron chi connectivity index (χ0n) is 16.8. The first-order valence-corrected chi connectivity index (χ1v) is 10.1. The minimum absolute atomic E-state index is 0.101. The summed E-state index contributed by atoms with van der Waals surface area (Å²) in [5.74, 6) is -0.149. The fourth-order valence-electron chi connectivity index (χ4n) is 3.41. The topological polar surface area (TPSA) is 179 Å². The molecule has 0 radical (unpaired) electrons. The van der Waals surface area contributed by atoms with Crippen molar-refractivity contribution >= 4 is 11.6 Å². The van der Waals surface area contributed by atoms with Gasteiger partial charge in [-0.25, -0.2) is 0 Å². The van der Waals surface area contributed by atoms with Gasteiger partial charge in [-0.15, -0.1) is 0 Å². The van der Waals surface area contributed by atoms with Gasteiger partial charge in [0.05, 0.1) is 17.7 Å². The largest absolute Gasteiger partial charge is 0.506 e. The summed E-state index contributed by atoms with van der Waals surface area (Å²) in [6, 6.07) is 2.69. The number of aromatic hydroxyl groups is 1. The van der Waals surface area contributed by atoms with Gasteiger partial charge in [0, 0.05) is 6.07 Å². The van der Waals surface area contributed by atoms with Crippen LogP contribution in [0, 0.1) is 6.92 Å². The monoisotopic (exact) mass is 466 g/mol. The highest BCUT2D eigenvalue weighted by Crippen LogP contribution is 2.33. The van der Waals surface area contributed by atoms with Gasteiger partial charge in [0.15, 0.2) is 6.29 Å². The van der Waals surface area contributed by atoms with E-state index in [2.05, 4.69) is 0 Å². The molecule has 2 saturated heterocycles. The zero-order chi connectivity index (χ0) is 23.0. The number of phenolic OH excluding ortho intramolecular Hbond substituents is 1. The van der Waals surface area contributed by atoms with Crippen LogP contribution in [0.4, 0.5) is 0 Å². The molecule has 2 heterocycles. The summed E-state index contributed by atoms with van der Waals surface area (Å²) in [5, 5.41) is 70.2. The second-order valence-electron chi connectivity index (χ2n) is 7.72. The molecule has 10 atom stereocenters. The highest BCUT2D eigenvalue weighted by molar-refractivity contribution is 6.32. The van der Waals surface area contributed by atoms with Gasteiger partial charge in [0.2, 0.25) is 6.29 Å². The number of hydrogen-bond acceptors (Lipinski definition) is 11. The van der Waals surface area contributed by atoms with Crippen LogP contribution in [0.2, 0.25) is 5.02 Å². The van der Waals surface area contributed by atoms with Crippen LogP contribution in [0.15, 0.2) is 12.1 Å². The summed E-state index contributed by atoms with van der Waals surface area (Å²) >= 11 is 5.90. The van der Waals surface area contributed by atoms with Gasteiger partial charge >= 0.3 is 0 Å². The minimum atomic E-state index is -1.65. The van der Waals surface area contributed by atoms with Crippen LogP contribution in [0.1, 0.15) is 12.5 Å². The lowest BCUT2D eigenvalue weighted by Crippen LogP contribution is -2.61. The van der Waals surface area contributed by atoms with E-state index in [9.17, 15) is 35.7 Å². The smallest absolute Gasteiger partial charge is 0.229 e. The average Bonchev–Trinajstić information content (AvgIpc) is 2.73. The molecule has 10 unspecified atom stereocenters. The Kier molecular flexibility index (Phi) is 7.64. The van der Waals surface area contributed by atoms with E-state index in [1.807, 2.05) is 0 Å². The fraction of sp³-hybridized carbons (Fsp3) is 0.684. The van der Waals surface area contributed by atoms with Crippen molar-refractivity contribution in [2.45, 2.75) is 75.3 Å². The predicted octanol–water partition coefficient (Wildman–Crippen LogP) is -1.62. The van der Waals surface area contributed by atoms with Crippen LogP contribution in [0.5, 0.6) is 11.5 Å². The first-order valence-electron chi connectivity index (χ1n) is 9.68. The molecule has 2 aliphatic heterocycles. The standard InChI is InChI=1S/C19H27ClO11/c1-6-3-8(4-9(21)11(6)20)30-19-17(27)15(25)13(23)10(31-19)5-28-18-16(26)14(24)12(22)7(2)29-18/h3-4,7,10,12-19,21-27H,5H2,1-2H3. The molecule has 2 fully saturated rings. The molecule has 0 aliphatic carbocycles. The van der Waals surface area contributed by atoms with Crippen molar-refractivity contribution in [1.29, 1.82) is 0 Å². The Balaban J connectivity index is 1.67. The van der Waals surface area contributed by atoms with Crippen LogP contribution in [0.25, 0.3) is 0 Å². The molecular weight excluding hydrogens is 440 g/mol. The Hall–Kier alpha value is -1.25. The Morgan fingerprint density at radius 3 is 2.13 bits per heavy atom. The van der Waals surface area contributed by atoms with Gasteiger partial charge in [-0.05, 0) is 25.5 Å². The molecule has 11 nitrogen and oxygen atoms in total. The number of aliphatic hydroxyl groups is 6. The lowest BCUT2D eigenvalue weighted by atomic mass is 9.98. The van der Waals surface area contributed by atoms with Crippen molar-refractivity contribution in [3.63, 3.8) is 0 Å². The number of aliphatic hydroxyl groups excluding tert-OH is 6. The molecule has 176 valence electrons. The van der Waals surface area contributed by atoms with Crippen LogP contribution in [-0.2, 0) is 14.2 Å². The quantitative estimate of drug-likeness (QED) is 0.265. The van der Waals surface area contributed by atoms with Gasteiger partial charge in [0.1, 0.15) is 54.2 Å². The van der Waals surface area contributed by atoms with E-state index in [0.29, 0.717) is 5.56 Å². The summed E-state index contributed by atoms with van der Waals surface area (Å²) in [6.07, 6.45) is -14.0. The maximum Gasteiger partial charge on any atom is 0.229 e. The molecule has 0 amide bonds. The number of aryl methyl sites for hydroxylation is 1. The molecule has 12 heteroatoms. The second kappa shape index (κ2) is 9.71. The number of hydrogen-bond donors (Lipinski definition) is 7. The van der Waals surface area contributed by atoms with Crippen molar-refractivity contribution in [2.24, 2.45) is 0 Å². The molecule has 1 aromatic carbocycles. The van der Waals surface area contributed by atoms with Gasteiger partial charge in [-0.1, -0.05) is 11.6 Å². The van der Waals surface area contributed by atoms with Crippen molar-refractivity contribution in [1.82, 2.24) is 0 Å². The van der Waals surface area contributed by atoms with Gasteiger partial charge < -0.3 is 54.7 Å². The van der Waals surface area contributed by atoms with E-state index >= 15 is 0 Å². The number of ether oxygens (including phenoxy) is 4. The van der Waals surface area contributed by atoms with Gasteiger partial charge in [-0.3, -0.25) is 0 Å². The summed E-state index contributed by atoms with van der Waals surface area (Å²) in [7, 11) is 0.